The van der Waals surface area contributed by atoms with Gasteiger partial charge in [0.15, 0.2) is 0 Å². The Morgan fingerprint density at radius 1 is 0.925 bits per heavy atom. The van der Waals surface area contributed by atoms with Crippen molar-refractivity contribution >= 4 is 38.2 Å². The molecule has 2 atom stereocenters. The number of aromatic nitrogens is 2. The van der Waals surface area contributed by atoms with E-state index < -0.39 is 6.10 Å². The van der Waals surface area contributed by atoms with Crippen LogP contribution in [0.25, 0.3) is 26.7 Å². The second-order valence-electron chi connectivity index (χ2n) is 9.48. The maximum Gasteiger partial charge on any atom is 0.261 e. The molecule has 8 heteroatoms. The van der Waals surface area contributed by atoms with Gasteiger partial charge in [-0.05, 0) is 84.6 Å². The van der Waals surface area contributed by atoms with E-state index in [2.05, 4.69) is 10.4 Å². The Kier molecular flexibility index (Phi) is 6.92. The van der Waals surface area contributed by atoms with Crippen molar-refractivity contribution in [2.75, 3.05) is 7.11 Å². The third-order valence-corrected chi connectivity index (χ3v) is 7.87. The number of nitrogens with one attached hydrogen (secondary N) is 1. The van der Waals surface area contributed by atoms with Crippen LogP contribution >= 0.6 is 11.3 Å². The largest absolute Gasteiger partial charge is 0.497 e. The van der Waals surface area contributed by atoms with E-state index in [1.807, 2.05) is 79.7 Å². The van der Waals surface area contributed by atoms with Gasteiger partial charge in [-0.25, -0.2) is 9.07 Å². The van der Waals surface area contributed by atoms with Crippen LogP contribution in [0.3, 0.4) is 0 Å². The highest BCUT2D eigenvalue weighted by Crippen LogP contribution is 2.31. The summed E-state index contributed by atoms with van der Waals surface area (Å²) in [6.45, 7) is 1.93. The summed E-state index contributed by atoms with van der Waals surface area (Å²) in [6, 6.07) is 29.0. The molecule has 0 bridgehead atoms. The lowest BCUT2D eigenvalue weighted by molar-refractivity contribution is 0.0886. The Balaban J connectivity index is 1.29. The van der Waals surface area contributed by atoms with Crippen molar-refractivity contribution in [2.45, 2.75) is 19.1 Å². The zero-order valence-corrected chi connectivity index (χ0v) is 22.7. The lowest BCUT2D eigenvalue weighted by atomic mass is 10.0. The van der Waals surface area contributed by atoms with E-state index in [9.17, 15) is 9.18 Å². The fraction of sp³-hybridized carbons (Fsp3) is 0.125. The summed E-state index contributed by atoms with van der Waals surface area (Å²) in [5.74, 6) is 0.876. The van der Waals surface area contributed by atoms with Crippen LogP contribution in [0.4, 0.5) is 4.39 Å². The topological polar surface area (TPSA) is 65.4 Å². The number of thiophene rings is 1. The second-order valence-corrected chi connectivity index (χ2v) is 10.6. The van der Waals surface area contributed by atoms with Gasteiger partial charge in [-0.2, -0.15) is 5.10 Å². The molecular formula is C32H26FN3O3S. The molecule has 2 heterocycles. The van der Waals surface area contributed by atoms with Crippen molar-refractivity contribution in [1.82, 2.24) is 15.1 Å². The smallest absolute Gasteiger partial charge is 0.261 e. The van der Waals surface area contributed by atoms with E-state index in [0.717, 1.165) is 32.2 Å². The molecule has 40 heavy (non-hydrogen) atoms. The molecule has 1 N–H and O–H groups in total. The molecule has 6 rings (SSSR count). The highest BCUT2D eigenvalue weighted by atomic mass is 32.1. The number of ether oxygens (including phenoxy) is 2. The van der Waals surface area contributed by atoms with Crippen LogP contribution in [0.1, 0.15) is 28.3 Å². The molecule has 0 fully saturated rings. The van der Waals surface area contributed by atoms with Gasteiger partial charge in [0, 0.05) is 10.1 Å². The Morgan fingerprint density at radius 3 is 2.55 bits per heavy atom. The fourth-order valence-corrected chi connectivity index (χ4v) is 5.71. The van der Waals surface area contributed by atoms with Crippen LogP contribution < -0.4 is 14.8 Å². The van der Waals surface area contributed by atoms with Crippen LogP contribution in [-0.2, 0) is 0 Å². The summed E-state index contributed by atoms with van der Waals surface area (Å²) < 4.78 is 28.2. The number of hydrogen-bond acceptors (Lipinski definition) is 5. The van der Waals surface area contributed by atoms with E-state index in [0.29, 0.717) is 16.4 Å². The van der Waals surface area contributed by atoms with Crippen molar-refractivity contribution in [2.24, 2.45) is 0 Å². The first-order chi connectivity index (χ1) is 19.5. The Bertz CT molecular complexity index is 1780. The zero-order chi connectivity index (χ0) is 27.6. The summed E-state index contributed by atoms with van der Waals surface area (Å²) in [5.41, 5.74) is 2.49. The molecule has 2 aromatic heterocycles. The minimum atomic E-state index is -0.502. The van der Waals surface area contributed by atoms with Crippen LogP contribution in [-0.4, -0.2) is 28.8 Å². The minimum absolute atomic E-state index is 0.152. The molecule has 200 valence electrons. The summed E-state index contributed by atoms with van der Waals surface area (Å²) in [7, 11) is 1.62. The first-order valence-electron chi connectivity index (χ1n) is 12.8. The van der Waals surface area contributed by atoms with Gasteiger partial charge >= 0.3 is 0 Å². The van der Waals surface area contributed by atoms with Crippen molar-refractivity contribution in [3.63, 3.8) is 0 Å². The van der Waals surface area contributed by atoms with Gasteiger partial charge in [-0.1, -0.05) is 30.3 Å². The van der Waals surface area contributed by atoms with Crippen LogP contribution in [0.15, 0.2) is 103 Å². The average Bonchev–Trinajstić information content (AvgIpc) is 3.61. The predicted octanol–water partition coefficient (Wildman–Crippen LogP) is 7.33. The Labute approximate surface area is 234 Å². The number of halogens is 1. The van der Waals surface area contributed by atoms with Crippen LogP contribution in [0.5, 0.6) is 11.5 Å². The highest BCUT2D eigenvalue weighted by Gasteiger charge is 2.25. The van der Waals surface area contributed by atoms with Gasteiger partial charge in [-0.3, -0.25) is 4.79 Å². The molecule has 2 unspecified atom stereocenters. The molecule has 0 aliphatic carbocycles. The summed E-state index contributed by atoms with van der Waals surface area (Å²) in [4.78, 5) is 13.9. The van der Waals surface area contributed by atoms with Crippen LogP contribution in [0.2, 0.25) is 0 Å². The molecular weight excluding hydrogens is 525 g/mol. The highest BCUT2D eigenvalue weighted by molar-refractivity contribution is 7.20. The molecule has 1 amide bonds. The van der Waals surface area contributed by atoms with Gasteiger partial charge in [0.25, 0.3) is 5.91 Å². The molecule has 6 nitrogen and oxygen atoms in total. The van der Waals surface area contributed by atoms with Gasteiger partial charge in [-0.15, -0.1) is 11.3 Å². The van der Waals surface area contributed by atoms with E-state index in [1.165, 1.54) is 23.5 Å². The minimum Gasteiger partial charge on any atom is -0.497 e. The quantitative estimate of drug-likeness (QED) is 0.215. The van der Waals surface area contributed by atoms with Gasteiger partial charge < -0.3 is 14.8 Å². The maximum atomic E-state index is 13.4. The first kappa shape index (κ1) is 25.6. The number of methoxy groups -OCH3 is 1. The molecule has 0 saturated carbocycles. The monoisotopic (exact) mass is 551 g/mol. The molecule has 0 aliphatic heterocycles. The van der Waals surface area contributed by atoms with E-state index in [4.69, 9.17) is 9.47 Å². The second kappa shape index (κ2) is 10.8. The lowest BCUT2D eigenvalue weighted by Gasteiger charge is -2.27. The zero-order valence-electron chi connectivity index (χ0n) is 21.9. The number of carbonyl (C=O) groups is 1. The predicted molar refractivity (Wildman–Crippen MR) is 156 cm³/mol. The molecule has 0 radical (unpaired) electrons. The summed E-state index contributed by atoms with van der Waals surface area (Å²) in [5, 5.41) is 9.54. The number of nitrogens with zero attached hydrogens (tertiary/aromatic N) is 2. The number of rotatable bonds is 8. The standard InChI is InChI=1S/C32H26FN3O3S/c1-20(35-32(37)30-18-21-6-3-4-9-29(21)40-30)31(22-7-5-8-26(16-22)38-2)39-27-14-15-28-23(17-27)19-34-36(28)25-12-10-24(33)11-13-25/h3-20,31H,1-2H3,(H,35,37). The number of fused-ring (bicyclic) bond motifs is 2. The van der Waals surface area contributed by atoms with E-state index in [1.54, 1.807) is 30.1 Å². The maximum absolute atomic E-state index is 13.4. The Morgan fingerprint density at radius 2 is 1.75 bits per heavy atom. The SMILES string of the molecule is COc1cccc(C(Oc2ccc3c(cnn3-c3ccc(F)cc3)c2)C(C)NC(=O)c2cc3ccccc3s2)c1. The summed E-state index contributed by atoms with van der Waals surface area (Å²) in [6.07, 6.45) is 1.25. The van der Waals surface area contributed by atoms with Gasteiger partial charge in [0.2, 0.25) is 0 Å². The van der Waals surface area contributed by atoms with E-state index in [-0.39, 0.29) is 17.8 Å². The number of benzene rings is 4. The van der Waals surface area contributed by atoms with Crippen molar-refractivity contribution < 1.29 is 18.7 Å². The number of amides is 1. The molecule has 0 aliphatic rings. The Hall–Kier alpha value is -4.69. The average molecular weight is 552 g/mol. The molecule has 6 aromatic rings. The number of carbonyl (C=O) groups excluding carboxylic acids is 1. The van der Waals surface area contributed by atoms with Crippen molar-refractivity contribution in [3.8, 4) is 17.2 Å². The third-order valence-electron chi connectivity index (χ3n) is 6.76. The molecule has 0 spiro atoms. The first-order valence-corrected chi connectivity index (χ1v) is 13.6. The van der Waals surface area contributed by atoms with Crippen molar-refractivity contribution in [3.05, 3.63) is 120 Å². The molecule has 4 aromatic carbocycles. The van der Waals surface area contributed by atoms with Crippen LogP contribution in [0, 0.1) is 5.82 Å². The van der Waals surface area contributed by atoms with Crippen molar-refractivity contribution in [1.29, 1.82) is 0 Å². The fourth-order valence-electron chi connectivity index (χ4n) is 4.74. The normalized spacial score (nSPS) is 12.8. The van der Waals surface area contributed by atoms with Gasteiger partial charge in [0.05, 0.1) is 35.4 Å². The third kappa shape index (κ3) is 5.13. The van der Waals surface area contributed by atoms with Gasteiger partial charge in [0.1, 0.15) is 23.4 Å². The number of hydrogen-bond donors (Lipinski definition) is 1. The summed E-state index contributed by atoms with van der Waals surface area (Å²) >= 11 is 1.46. The van der Waals surface area contributed by atoms with E-state index >= 15 is 0 Å². The lowest BCUT2D eigenvalue weighted by Crippen LogP contribution is -2.39. The molecule has 0 saturated heterocycles.